The van der Waals surface area contributed by atoms with E-state index in [1.165, 1.54) is 23.8 Å². The van der Waals surface area contributed by atoms with Gasteiger partial charge in [0, 0.05) is 39.3 Å². The fourth-order valence-corrected chi connectivity index (χ4v) is 6.73. The number of alkyl halides is 3. The van der Waals surface area contributed by atoms with Crippen molar-refractivity contribution in [3.8, 4) is 23.0 Å². The smallest absolute Gasteiger partial charge is 0.419 e. The maximum absolute atomic E-state index is 13.2. The number of benzene rings is 4. The summed E-state index contributed by atoms with van der Waals surface area (Å²) in [6.45, 7) is 18.6. The monoisotopic (exact) mass is 848 g/mol. The minimum Gasteiger partial charge on any atom is -0.460 e. The van der Waals surface area contributed by atoms with Crippen LogP contribution in [0, 0.1) is 6.92 Å². The molecule has 330 valence electrons. The van der Waals surface area contributed by atoms with E-state index in [1.54, 1.807) is 24.3 Å². The Morgan fingerprint density at radius 1 is 0.623 bits per heavy atom. The molecule has 2 aliphatic rings. The summed E-state index contributed by atoms with van der Waals surface area (Å²) >= 11 is 0. The van der Waals surface area contributed by atoms with E-state index in [4.69, 9.17) is 28.4 Å². The summed E-state index contributed by atoms with van der Waals surface area (Å²) in [6, 6.07) is 28.0. The zero-order valence-electron chi connectivity index (χ0n) is 36.3. The van der Waals surface area contributed by atoms with E-state index in [1.807, 2.05) is 97.0 Å². The highest BCUT2D eigenvalue weighted by molar-refractivity contribution is 5.70. The van der Waals surface area contributed by atoms with Crippen molar-refractivity contribution >= 4 is 11.9 Å². The van der Waals surface area contributed by atoms with E-state index in [-0.39, 0.29) is 29.9 Å². The predicted molar refractivity (Wildman–Crippen MR) is 227 cm³/mol. The highest BCUT2D eigenvalue weighted by atomic mass is 19.4. The summed E-state index contributed by atoms with van der Waals surface area (Å²) in [5, 5.41) is 0. The SMILES string of the molecule is CC(C)(C)OC(=O)CCN1CCOC(c2ccc(Oc3ccccc3C(F)(F)F)cc2)C1.Cc1cccc(Oc2ccc(C3CN(CCC(=O)OC(C)(C)C)CCO3)cc2)c1. The number of carbonyl (C=O) groups is 2. The van der Waals surface area contributed by atoms with Crippen molar-refractivity contribution in [3.05, 3.63) is 119 Å². The van der Waals surface area contributed by atoms with Crippen LogP contribution < -0.4 is 9.47 Å². The molecule has 0 spiro atoms. The first-order chi connectivity index (χ1) is 28.8. The Morgan fingerprint density at radius 3 is 1.56 bits per heavy atom. The predicted octanol–water partition coefficient (Wildman–Crippen LogP) is 10.5. The lowest BCUT2D eigenvalue weighted by molar-refractivity contribution is -0.156. The van der Waals surface area contributed by atoms with Crippen molar-refractivity contribution in [1.29, 1.82) is 0 Å². The number of halogens is 3. The first kappa shape index (κ1) is 47.1. The third-order valence-electron chi connectivity index (χ3n) is 9.55. The second-order valence-electron chi connectivity index (χ2n) is 17.1. The van der Waals surface area contributed by atoms with Gasteiger partial charge in [-0.2, -0.15) is 13.2 Å². The molecular weight excluding hydrogens is 790 g/mol. The molecule has 2 fully saturated rings. The number of esters is 2. The molecule has 2 saturated heterocycles. The molecule has 6 rings (SSSR count). The fraction of sp³-hybridized carbons (Fsp3) is 0.458. The summed E-state index contributed by atoms with van der Waals surface area (Å²) < 4.78 is 73.4. The molecule has 4 aromatic carbocycles. The Labute approximate surface area is 357 Å². The van der Waals surface area contributed by atoms with Gasteiger partial charge in [-0.3, -0.25) is 19.4 Å². The normalized spacial score (nSPS) is 17.7. The molecule has 0 radical (unpaired) electrons. The first-order valence-electron chi connectivity index (χ1n) is 20.7. The quantitative estimate of drug-likeness (QED) is 0.128. The van der Waals surface area contributed by atoms with Gasteiger partial charge in [0.25, 0.3) is 0 Å². The van der Waals surface area contributed by atoms with Crippen LogP contribution in [-0.4, -0.2) is 85.4 Å². The van der Waals surface area contributed by atoms with Gasteiger partial charge in [0.15, 0.2) is 0 Å². The molecule has 2 heterocycles. The van der Waals surface area contributed by atoms with Crippen LogP contribution in [0.1, 0.15) is 88.8 Å². The van der Waals surface area contributed by atoms with Crippen LogP contribution >= 0.6 is 0 Å². The zero-order chi connectivity index (χ0) is 44.2. The second-order valence-corrected chi connectivity index (χ2v) is 17.1. The van der Waals surface area contributed by atoms with Crippen molar-refractivity contribution in [2.75, 3.05) is 52.5 Å². The molecule has 2 aliphatic heterocycles. The van der Waals surface area contributed by atoms with Crippen LogP contribution in [0.2, 0.25) is 0 Å². The molecule has 0 aromatic heterocycles. The topological polar surface area (TPSA) is 96.0 Å². The van der Waals surface area contributed by atoms with Gasteiger partial charge < -0.3 is 28.4 Å². The van der Waals surface area contributed by atoms with Crippen LogP contribution in [0.15, 0.2) is 97.1 Å². The Morgan fingerprint density at radius 2 is 1.10 bits per heavy atom. The molecule has 2 unspecified atom stereocenters. The molecule has 13 heteroatoms. The van der Waals surface area contributed by atoms with Crippen molar-refractivity contribution in [2.45, 2.75) is 90.9 Å². The summed E-state index contributed by atoms with van der Waals surface area (Å²) in [5.74, 6) is 1.31. The van der Waals surface area contributed by atoms with Crippen molar-refractivity contribution in [1.82, 2.24) is 9.80 Å². The average Bonchev–Trinajstić information content (AvgIpc) is 3.19. The molecule has 2 atom stereocenters. The van der Waals surface area contributed by atoms with Gasteiger partial charge >= 0.3 is 18.1 Å². The Bertz CT molecular complexity index is 2010. The van der Waals surface area contributed by atoms with Gasteiger partial charge in [-0.1, -0.05) is 48.5 Å². The van der Waals surface area contributed by atoms with Crippen LogP contribution in [-0.2, 0) is 34.7 Å². The maximum atomic E-state index is 13.2. The first-order valence-corrected chi connectivity index (χ1v) is 20.7. The number of hydrogen-bond acceptors (Lipinski definition) is 10. The average molecular weight is 849 g/mol. The van der Waals surface area contributed by atoms with Crippen LogP contribution in [0.3, 0.4) is 0 Å². The molecule has 0 bridgehead atoms. The molecular formula is C48H59F3N2O8. The number of aryl methyl sites for hydroxylation is 1. The van der Waals surface area contributed by atoms with Gasteiger partial charge in [-0.05, 0) is 114 Å². The van der Waals surface area contributed by atoms with Crippen LogP contribution in [0.5, 0.6) is 23.0 Å². The molecule has 0 amide bonds. The van der Waals surface area contributed by atoms with Crippen molar-refractivity contribution in [3.63, 3.8) is 0 Å². The number of ether oxygens (including phenoxy) is 6. The third-order valence-corrected chi connectivity index (χ3v) is 9.55. The second kappa shape index (κ2) is 21.2. The highest BCUT2D eigenvalue weighted by Crippen LogP contribution is 2.38. The molecule has 0 aliphatic carbocycles. The highest BCUT2D eigenvalue weighted by Gasteiger charge is 2.34. The number of rotatable bonds is 12. The Hall–Kier alpha value is -4.95. The van der Waals surface area contributed by atoms with E-state index >= 15 is 0 Å². The molecule has 4 aromatic rings. The minimum atomic E-state index is -4.49. The van der Waals surface area contributed by atoms with Gasteiger partial charge in [-0.15, -0.1) is 0 Å². The molecule has 0 saturated carbocycles. The zero-order valence-corrected chi connectivity index (χ0v) is 36.3. The minimum absolute atomic E-state index is 0.00425. The van der Waals surface area contributed by atoms with Crippen LogP contribution in [0.4, 0.5) is 13.2 Å². The third kappa shape index (κ3) is 16.1. The number of hydrogen-bond donors (Lipinski definition) is 0. The van der Waals surface area contributed by atoms with E-state index in [0.29, 0.717) is 58.0 Å². The standard InChI is InChI=1S/C24H28F3NO4.C24H31NO4/c1-23(2,3)32-22(29)12-13-28-14-15-30-21(16-28)17-8-10-18(11-9-17)31-20-7-5-4-6-19(20)24(25,26)27;1-18-6-5-7-21(16-18)28-20-10-8-19(9-11-20)22-17-25(14-15-27-22)13-12-23(26)29-24(2,3)4/h4-11,21H,12-16H2,1-3H3;5-11,16,22H,12-15,17H2,1-4H3. The van der Waals surface area contributed by atoms with E-state index < -0.39 is 22.9 Å². The van der Waals surface area contributed by atoms with E-state index in [9.17, 15) is 22.8 Å². The van der Waals surface area contributed by atoms with Gasteiger partial charge in [0.05, 0.1) is 43.8 Å². The maximum Gasteiger partial charge on any atom is 0.419 e. The summed E-state index contributed by atoms with van der Waals surface area (Å²) in [6.07, 6.45) is -3.99. The van der Waals surface area contributed by atoms with Gasteiger partial charge in [0.1, 0.15) is 34.2 Å². The summed E-state index contributed by atoms with van der Waals surface area (Å²) in [4.78, 5) is 28.3. The Balaban J connectivity index is 0.000000232. The number of carbonyl (C=O) groups excluding carboxylic acids is 2. The summed E-state index contributed by atoms with van der Waals surface area (Å²) in [7, 11) is 0. The van der Waals surface area contributed by atoms with Crippen molar-refractivity contribution < 1.29 is 51.2 Å². The van der Waals surface area contributed by atoms with Gasteiger partial charge in [0.2, 0.25) is 0 Å². The number of nitrogens with zero attached hydrogens (tertiary/aromatic N) is 2. The Kier molecular flexibility index (Phi) is 16.4. The van der Waals surface area contributed by atoms with E-state index in [2.05, 4.69) is 9.80 Å². The van der Waals surface area contributed by atoms with Crippen molar-refractivity contribution in [2.24, 2.45) is 0 Å². The lowest BCUT2D eigenvalue weighted by Gasteiger charge is -2.33. The van der Waals surface area contributed by atoms with Gasteiger partial charge in [-0.25, -0.2) is 0 Å². The van der Waals surface area contributed by atoms with E-state index in [0.717, 1.165) is 41.8 Å². The lowest BCUT2D eigenvalue weighted by atomic mass is 10.1. The largest absolute Gasteiger partial charge is 0.460 e. The summed E-state index contributed by atoms with van der Waals surface area (Å²) in [5.41, 5.74) is 1.41. The molecule has 0 N–H and O–H groups in total. The van der Waals surface area contributed by atoms with Crippen LogP contribution in [0.25, 0.3) is 0 Å². The molecule has 10 nitrogen and oxygen atoms in total. The number of morpholine rings is 2. The lowest BCUT2D eigenvalue weighted by Crippen LogP contribution is -2.39. The fourth-order valence-electron chi connectivity index (χ4n) is 6.73. The molecule has 61 heavy (non-hydrogen) atoms. The number of para-hydroxylation sites is 1.